The van der Waals surface area contributed by atoms with Crippen LogP contribution in [-0.2, 0) is 4.79 Å². The number of furan rings is 1. The third-order valence-corrected chi connectivity index (χ3v) is 4.69. The molecule has 0 unspecified atom stereocenters. The second-order valence-electron chi connectivity index (χ2n) is 6.65. The van der Waals surface area contributed by atoms with Crippen molar-refractivity contribution in [3.05, 3.63) is 77.6 Å². The first-order chi connectivity index (χ1) is 14.5. The van der Waals surface area contributed by atoms with Crippen molar-refractivity contribution in [3.63, 3.8) is 0 Å². The van der Waals surface area contributed by atoms with E-state index in [0.717, 1.165) is 11.3 Å². The van der Waals surface area contributed by atoms with Gasteiger partial charge in [0.1, 0.15) is 17.3 Å². The van der Waals surface area contributed by atoms with E-state index in [4.69, 9.17) is 14.3 Å². The fourth-order valence-electron chi connectivity index (χ4n) is 3.11. The number of amides is 1. The zero-order chi connectivity index (χ0) is 21.3. The maximum absolute atomic E-state index is 12.9. The number of carbonyl (C=O) groups excluding carboxylic acids is 1. The maximum atomic E-state index is 12.9. The molecule has 7 heteroatoms. The van der Waals surface area contributed by atoms with E-state index in [0.29, 0.717) is 28.5 Å². The Morgan fingerprint density at radius 1 is 1.13 bits per heavy atom. The molecule has 4 rings (SSSR count). The molecular weight excluding hydrogens is 384 g/mol. The van der Waals surface area contributed by atoms with Gasteiger partial charge in [0, 0.05) is 5.56 Å². The Labute approximate surface area is 172 Å². The van der Waals surface area contributed by atoms with Crippen molar-refractivity contribution in [2.24, 2.45) is 5.10 Å². The summed E-state index contributed by atoms with van der Waals surface area (Å²) in [4.78, 5) is 23.9. The number of methoxy groups -OCH3 is 1. The highest BCUT2D eigenvalue weighted by Gasteiger charge is 2.29. The summed E-state index contributed by atoms with van der Waals surface area (Å²) in [7, 11) is 1.60. The number of nitrogens with zero attached hydrogens (tertiary/aromatic N) is 2. The number of anilines is 1. The molecule has 0 spiro atoms. The summed E-state index contributed by atoms with van der Waals surface area (Å²) in [6.45, 7) is 1.74. The van der Waals surface area contributed by atoms with Crippen LogP contribution in [0.1, 0.15) is 23.0 Å². The molecule has 2 heterocycles. The van der Waals surface area contributed by atoms with Crippen LogP contribution in [0, 0.1) is 0 Å². The average molecular weight is 402 g/mol. The number of carboxylic acids is 1. The molecule has 1 N–H and O–H groups in total. The fourth-order valence-corrected chi connectivity index (χ4v) is 3.11. The van der Waals surface area contributed by atoms with Gasteiger partial charge in [0.05, 0.1) is 29.6 Å². The maximum Gasteiger partial charge on any atom is 0.335 e. The van der Waals surface area contributed by atoms with Gasteiger partial charge in [-0.25, -0.2) is 4.79 Å². The van der Waals surface area contributed by atoms with Gasteiger partial charge in [0.2, 0.25) is 0 Å². The Balaban J connectivity index is 1.59. The Morgan fingerprint density at radius 2 is 1.90 bits per heavy atom. The van der Waals surface area contributed by atoms with E-state index in [1.54, 1.807) is 38.3 Å². The molecule has 0 radical (unpaired) electrons. The van der Waals surface area contributed by atoms with Crippen LogP contribution in [0.2, 0.25) is 0 Å². The highest BCUT2D eigenvalue weighted by Crippen LogP contribution is 2.29. The third kappa shape index (κ3) is 3.60. The van der Waals surface area contributed by atoms with E-state index >= 15 is 0 Å². The molecule has 0 saturated heterocycles. The van der Waals surface area contributed by atoms with E-state index in [-0.39, 0.29) is 11.5 Å². The summed E-state index contributed by atoms with van der Waals surface area (Å²) in [6, 6.07) is 17.1. The van der Waals surface area contributed by atoms with Gasteiger partial charge in [0.25, 0.3) is 5.91 Å². The van der Waals surface area contributed by atoms with Crippen LogP contribution >= 0.6 is 0 Å². The van der Waals surface area contributed by atoms with Crippen molar-refractivity contribution in [1.29, 1.82) is 0 Å². The molecule has 1 aliphatic rings. The lowest BCUT2D eigenvalue weighted by molar-refractivity contribution is -0.114. The van der Waals surface area contributed by atoms with Crippen molar-refractivity contribution < 1.29 is 23.8 Å². The molecular formula is C23H18N2O5. The molecule has 1 aromatic heterocycles. The smallest absolute Gasteiger partial charge is 0.335 e. The normalized spacial score (nSPS) is 14.9. The van der Waals surface area contributed by atoms with Gasteiger partial charge in [-0.05, 0) is 61.5 Å². The van der Waals surface area contributed by atoms with Crippen molar-refractivity contribution in [2.75, 3.05) is 12.1 Å². The molecule has 3 aromatic rings. The van der Waals surface area contributed by atoms with Crippen LogP contribution in [-0.4, -0.2) is 29.8 Å². The van der Waals surface area contributed by atoms with Gasteiger partial charge in [-0.2, -0.15) is 10.1 Å². The van der Waals surface area contributed by atoms with Gasteiger partial charge in [-0.15, -0.1) is 0 Å². The second kappa shape index (κ2) is 7.71. The number of aromatic carboxylic acids is 1. The highest BCUT2D eigenvalue weighted by molar-refractivity contribution is 6.32. The van der Waals surface area contributed by atoms with Gasteiger partial charge in [0.15, 0.2) is 0 Å². The Morgan fingerprint density at radius 3 is 2.60 bits per heavy atom. The first-order valence-electron chi connectivity index (χ1n) is 9.15. The van der Waals surface area contributed by atoms with E-state index in [1.807, 2.05) is 30.3 Å². The lowest BCUT2D eigenvalue weighted by Crippen LogP contribution is -2.21. The number of hydrogen-bond donors (Lipinski definition) is 1. The number of benzene rings is 2. The van der Waals surface area contributed by atoms with Crippen LogP contribution < -0.4 is 9.75 Å². The predicted molar refractivity (Wildman–Crippen MR) is 113 cm³/mol. The minimum absolute atomic E-state index is 0.141. The third-order valence-electron chi connectivity index (χ3n) is 4.69. The van der Waals surface area contributed by atoms with E-state index in [2.05, 4.69) is 5.10 Å². The van der Waals surface area contributed by atoms with Gasteiger partial charge >= 0.3 is 5.97 Å². The summed E-state index contributed by atoms with van der Waals surface area (Å²) < 4.78 is 11.1. The quantitative estimate of drug-likeness (QED) is 0.636. The van der Waals surface area contributed by atoms with Crippen molar-refractivity contribution in [1.82, 2.24) is 0 Å². The highest BCUT2D eigenvalue weighted by atomic mass is 16.5. The molecule has 0 fully saturated rings. The van der Waals surface area contributed by atoms with Crippen molar-refractivity contribution >= 4 is 29.4 Å². The molecule has 0 saturated carbocycles. The Kier molecular flexibility index (Phi) is 4.93. The van der Waals surface area contributed by atoms with Crippen molar-refractivity contribution in [2.45, 2.75) is 6.92 Å². The number of carboxylic acid groups (broad SMARTS) is 1. The monoisotopic (exact) mass is 402 g/mol. The minimum atomic E-state index is -1.03. The summed E-state index contributed by atoms with van der Waals surface area (Å²) in [5.74, 6) is 0.562. The number of rotatable bonds is 5. The summed E-state index contributed by atoms with van der Waals surface area (Å²) in [5, 5.41) is 14.6. The number of hydrogen-bond acceptors (Lipinski definition) is 5. The van der Waals surface area contributed by atoms with Crippen LogP contribution in [0.15, 0.2) is 75.8 Å². The Bertz CT molecular complexity index is 1190. The Hall–Kier alpha value is -4.13. The first kappa shape index (κ1) is 19.2. The van der Waals surface area contributed by atoms with E-state index in [9.17, 15) is 9.59 Å². The molecule has 0 atom stereocenters. The molecule has 0 aliphatic carbocycles. The molecule has 2 aromatic carbocycles. The van der Waals surface area contributed by atoms with Crippen LogP contribution in [0.25, 0.3) is 17.4 Å². The van der Waals surface area contributed by atoms with Crippen LogP contribution in [0.4, 0.5) is 5.69 Å². The topological polar surface area (TPSA) is 92.3 Å². The molecule has 0 bridgehead atoms. The average Bonchev–Trinajstić information content (AvgIpc) is 3.34. The van der Waals surface area contributed by atoms with Crippen LogP contribution in [0.5, 0.6) is 5.75 Å². The lowest BCUT2D eigenvalue weighted by Gasteiger charge is -2.11. The molecule has 1 aliphatic heterocycles. The number of hydrazone groups is 1. The molecule has 150 valence electrons. The van der Waals surface area contributed by atoms with E-state index in [1.165, 1.54) is 17.1 Å². The SMILES string of the molecule is COc1cccc(-c2ccc(/C=C3\C(=O)N(c4ccc(C(=O)O)cc4)N=C3C)o2)c1. The minimum Gasteiger partial charge on any atom is -0.497 e. The zero-order valence-corrected chi connectivity index (χ0v) is 16.3. The van der Waals surface area contributed by atoms with Gasteiger partial charge in [-0.1, -0.05) is 12.1 Å². The fraction of sp³-hybridized carbons (Fsp3) is 0.0870. The zero-order valence-electron chi connectivity index (χ0n) is 16.3. The van der Waals surface area contributed by atoms with E-state index < -0.39 is 5.97 Å². The van der Waals surface area contributed by atoms with Gasteiger partial charge < -0.3 is 14.3 Å². The number of carbonyl (C=O) groups is 2. The molecule has 30 heavy (non-hydrogen) atoms. The summed E-state index contributed by atoms with van der Waals surface area (Å²) in [5.41, 5.74) is 2.44. The number of ether oxygens (including phenoxy) is 1. The predicted octanol–water partition coefficient (Wildman–Crippen LogP) is 4.46. The molecule has 1 amide bonds. The standard InChI is InChI=1S/C23H18N2O5/c1-14-20(22(26)25(24-14)17-8-6-15(7-9-17)23(27)28)13-19-10-11-21(30-19)16-4-3-5-18(12-16)29-2/h3-13H,1-2H3,(H,27,28)/b20-13-. The van der Waals surface area contributed by atoms with Crippen molar-refractivity contribution in [3.8, 4) is 17.1 Å². The first-order valence-corrected chi connectivity index (χ1v) is 9.15. The summed E-state index contributed by atoms with van der Waals surface area (Å²) in [6.07, 6.45) is 1.65. The van der Waals surface area contributed by atoms with Crippen LogP contribution in [0.3, 0.4) is 0 Å². The lowest BCUT2D eigenvalue weighted by atomic mass is 10.1. The largest absolute Gasteiger partial charge is 0.497 e. The van der Waals surface area contributed by atoms with Gasteiger partial charge in [-0.3, -0.25) is 4.79 Å². The summed E-state index contributed by atoms with van der Waals surface area (Å²) >= 11 is 0. The molecule has 7 nitrogen and oxygen atoms in total. The second-order valence-corrected chi connectivity index (χ2v) is 6.65.